The van der Waals surface area contributed by atoms with Gasteiger partial charge in [0.2, 0.25) is 0 Å². The van der Waals surface area contributed by atoms with Crippen LogP contribution in [0.25, 0.3) is 0 Å². The fraction of sp³-hybridized carbons (Fsp3) is 0.333. The van der Waals surface area contributed by atoms with Crippen molar-refractivity contribution in [3.63, 3.8) is 0 Å². The lowest BCUT2D eigenvalue weighted by Gasteiger charge is -2.09. The van der Waals surface area contributed by atoms with Crippen molar-refractivity contribution in [2.24, 2.45) is 5.73 Å². The van der Waals surface area contributed by atoms with Crippen LogP contribution in [0.15, 0.2) is 36.4 Å². The summed E-state index contributed by atoms with van der Waals surface area (Å²) < 4.78 is 5.30. The topological polar surface area (TPSA) is 35.2 Å². The minimum atomic E-state index is 0.513. The van der Waals surface area contributed by atoms with E-state index in [0.717, 1.165) is 22.8 Å². The molecule has 0 radical (unpaired) electrons. The third-order valence-electron chi connectivity index (χ3n) is 3.38. The van der Waals surface area contributed by atoms with Gasteiger partial charge >= 0.3 is 0 Å². The lowest BCUT2D eigenvalue weighted by atomic mass is 10.1. The molecule has 0 unspecified atom stereocenters. The Bertz CT molecular complexity index is 590. The first-order valence-corrected chi connectivity index (χ1v) is 8.28. The minimum absolute atomic E-state index is 0.513. The van der Waals surface area contributed by atoms with Crippen LogP contribution in [0.5, 0.6) is 5.75 Å². The van der Waals surface area contributed by atoms with E-state index in [4.69, 9.17) is 10.5 Å². The highest BCUT2D eigenvalue weighted by Gasteiger charge is 2.03. The van der Waals surface area contributed by atoms with Crippen molar-refractivity contribution in [2.75, 3.05) is 7.11 Å². The Labute approximate surface area is 131 Å². The molecule has 0 amide bonds. The summed E-state index contributed by atoms with van der Waals surface area (Å²) >= 11 is 1.93. The molecule has 0 heterocycles. The number of hydrogen-bond donors (Lipinski definition) is 1. The van der Waals surface area contributed by atoms with Crippen LogP contribution in [0.1, 0.15) is 27.8 Å². The summed E-state index contributed by atoms with van der Waals surface area (Å²) in [6.07, 6.45) is 0. The van der Waals surface area contributed by atoms with Gasteiger partial charge in [-0.2, -0.15) is 11.8 Å². The van der Waals surface area contributed by atoms with Crippen molar-refractivity contribution >= 4 is 11.8 Å². The average Bonchev–Trinajstić information content (AvgIpc) is 2.46. The second kappa shape index (κ2) is 7.53. The molecular weight excluding hydrogens is 278 g/mol. The molecule has 3 heteroatoms. The van der Waals surface area contributed by atoms with Gasteiger partial charge in [0.15, 0.2) is 0 Å². The highest BCUT2D eigenvalue weighted by atomic mass is 32.2. The predicted molar refractivity (Wildman–Crippen MR) is 91.8 cm³/mol. The van der Waals surface area contributed by atoms with Crippen LogP contribution in [-0.2, 0) is 18.1 Å². The Hall–Kier alpha value is -1.45. The molecule has 0 spiro atoms. The van der Waals surface area contributed by atoms with Gasteiger partial charge in [-0.1, -0.05) is 35.4 Å². The number of rotatable bonds is 6. The highest BCUT2D eigenvalue weighted by Crippen LogP contribution is 2.24. The Balaban J connectivity index is 1.97. The molecule has 2 aromatic rings. The molecule has 0 saturated carbocycles. The fourth-order valence-electron chi connectivity index (χ4n) is 2.52. The van der Waals surface area contributed by atoms with Crippen LogP contribution in [0, 0.1) is 13.8 Å². The largest absolute Gasteiger partial charge is 0.496 e. The molecule has 2 rings (SSSR count). The second-order valence-corrected chi connectivity index (χ2v) is 6.32. The van der Waals surface area contributed by atoms with Crippen molar-refractivity contribution in [3.8, 4) is 5.75 Å². The summed E-state index contributed by atoms with van der Waals surface area (Å²) in [5.41, 5.74) is 12.2. The predicted octanol–water partition coefficient (Wildman–Crippen LogP) is 4.20. The zero-order valence-corrected chi connectivity index (χ0v) is 13.8. The van der Waals surface area contributed by atoms with E-state index in [1.165, 1.54) is 22.3 Å². The Morgan fingerprint density at radius 1 is 0.952 bits per heavy atom. The highest BCUT2D eigenvalue weighted by molar-refractivity contribution is 7.97. The van der Waals surface area contributed by atoms with E-state index in [0.29, 0.717) is 6.54 Å². The zero-order valence-electron chi connectivity index (χ0n) is 13.0. The molecule has 0 bridgehead atoms. The first-order chi connectivity index (χ1) is 10.1. The maximum Gasteiger partial charge on any atom is 0.123 e. The molecule has 0 saturated heterocycles. The molecule has 2 nitrogen and oxygen atoms in total. The first-order valence-electron chi connectivity index (χ1n) is 7.13. The minimum Gasteiger partial charge on any atom is -0.496 e. The van der Waals surface area contributed by atoms with Crippen LogP contribution in [-0.4, -0.2) is 7.11 Å². The molecule has 0 aliphatic heterocycles. The number of thioether (sulfide) groups is 1. The van der Waals surface area contributed by atoms with Crippen LogP contribution in [0.3, 0.4) is 0 Å². The third-order valence-corrected chi connectivity index (χ3v) is 4.46. The third kappa shape index (κ3) is 4.51. The molecule has 0 aliphatic carbocycles. The zero-order chi connectivity index (χ0) is 15.2. The van der Waals surface area contributed by atoms with Crippen LogP contribution >= 0.6 is 11.8 Å². The van der Waals surface area contributed by atoms with Crippen molar-refractivity contribution in [3.05, 3.63) is 64.2 Å². The fourth-order valence-corrected chi connectivity index (χ4v) is 3.44. The van der Waals surface area contributed by atoms with Gasteiger partial charge in [-0.25, -0.2) is 0 Å². The molecule has 2 N–H and O–H groups in total. The molecular formula is C18H23NOS. The maximum atomic E-state index is 5.76. The van der Waals surface area contributed by atoms with Gasteiger partial charge in [-0.15, -0.1) is 0 Å². The summed E-state index contributed by atoms with van der Waals surface area (Å²) in [5, 5.41) is 0. The SMILES string of the molecule is COc1ccc(CSCc2cc(C)cc(C)c2)cc1CN. The summed E-state index contributed by atoms with van der Waals surface area (Å²) in [6, 6.07) is 13.0. The van der Waals surface area contributed by atoms with Gasteiger partial charge in [0.1, 0.15) is 5.75 Å². The van der Waals surface area contributed by atoms with E-state index in [1.807, 2.05) is 17.8 Å². The van der Waals surface area contributed by atoms with Crippen LogP contribution in [0.2, 0.25) is 0 Å². The van der Waals surface area contributed by atoms with Crippen molar-refractivity contribution in [2.45, 2.75) is 31.9 Å². The molecule has 0 aromatic heterocycles. The van der Waals surface area contributed by atoms with Crippen molar-refractivity contribution < 1.29 is 4.74 Å². The normalized spacial score (nSPS) is 10.7. The van der Waals surface area contributed by atoms with Crippen LogP contribution < -0.4 is 10.5 Å². The van der Waals surface area contributed by atoms with E-state index in [-0.39, 0.29) is 0 Å². The quantitative estimate of drug-likeness (QED) is 0.868. The van der Waals surface area contributed by atoms with E-state index in [1.54, 1.807) is 7.11 Å². The van der Waals surface area contributed by atoms with E-state index >= 15 is 0 Å². The van der Waals surface area contributed by atoms with Crippen molar-refractivity contribution in [1.29, 1.82) is 0 Å². The lowest BCUT2D eigenvalue weighted by molar-refractivity contribution is 0.409. The van der Waals surface area contributed by atoms with E-state index < -0.39 is 0 Å². The van der Waals surface area contributed by atoms with Gasteiger partial charge < -0.3 is 10.5 Å². The van der Waals surface area contributed by atoms with Gasteiger partial charge in [0, 0.05) is 23.6 Å². The number of methoxy groups -OCH3 is 1. The van der Waals surface area contributed by atoms with E-state index in [9.17, 15) is 0 Å². The number of aryl methyl sites for hydroxylation is 2. The smallest absolute Gasteiger partial charge is 0.123 e. The summed E-state index contributed by atoms with van der Waals surface area (Å²) in [7, 11) is 1.68. The Morgan fingerprint density at radius 3 is 2.24 bits per heavy atom. The number of benzene rings is 2. The van der Waals surface area contributed by atoms with E-state index in [2.05, 4.69) is 44.2 Å². The molecule has 112 valence electrons. The van der Waals surface area contributed by atoms with Gasteiger partial charge in [-0.3, -0.25) is 0 Å². The summed E-state index contributed by atoms with van der Waals surface area (Å²) in [5.74, 6) is 2.90. The average molecular weight is 301 g/mol. The molecule has 21 heavy (non-hydrogen) atoms. The number of hydrogen-bond acceptors (Lipinski definition) is 3. The summed E-state index contributed by atoms with van der Waals surface area (Å²) in [6.45, 7) is 4.81. The van der Waals surface area contributed by atoms with Gasteiger partial charge in [0.05, 0.1) is 7.11 Å². The second-order valence-electron chi connectivity index (χ2n) is 5.34. The summed E-state index contributed by atoms with van der Waals surface area (Å²) in [4.78, 5) is 0. The Kier molecular flexibility index (Phi) is 5.71. The van der Waals surface area contributed by atoms with Gasteiger partial charge in [-0.05, 0) is 37.1 Å². The first kappa shape index (κ1) is 15.9. The number of nitrogens with two attached hydrogens (primary N) is 1. The Morgan fingerprint density at radius 2 is 1.62 bits per heavy atom. The van der Waals surface area contributed by atoms with Gasteiger partial charge in [0.25, 0.3) is 0 Å². The van der Waals surface area contributed by atoms with Crippen LogP contribution in [0.4, 0.5) is 0 Å². The van der Waals surface area contributed by atoms with Crippen molar-refractivity contribution in [1.82, 2.24) is 0 Å². The maximum absolute atomic E-state index is 5.76. The standard InChI is InChI=1S/C18H23NOS/c1-13-6-14(2)8-16(7-13)12-21-11-15-4-5-18(20-3)17(9-15)10-19/h4-9H,10-12,19H2,1-3H3. The lowest BCUT2D eigenvalue weighted by Crippen LogP contribution is -2.00. The molecule has 0 atom stereocenters. The molecule has 2 aromatic carbocycles. The molecule has 0 aliphatic rings. The monoisotopic (exact) mass is 301 g/mol. The number of ether oxygens (including phenoxy) is 1. The molecule has 0 fully saturated rings.